The first kappa shape index (κ1) is 30.9. The first-order valence-corrected chi connectivity index (χ1v) is 13.2. The summed E-state index contributed by atoms with van der Waals surface area (Å²) in [7, 11) is 2.42. The van der Waals surface area contributed by atoms with Crippen molar-refractivity contribution in [3.63, 3.8) is 0 Å². The maximum atomic E-state index is 12.4. The van der Waals surface area contributed by atoms with Gasteiger partial charge in [0, 0.05) is 25.4 Å². The van der Waals surface area contributed by atoms with Crippen molar-refractivity contribution in [1.82, 2.24) is 0 Å². The number of alkyl halides is 1. The number of phenolic OH excluding ortho intramolecular Hbond substituents is 1. The molecule has 5 nitrogen and oxygen atoms in total. The molecule has 0 spiro atoms. The van der Waals surface area contributed by atoms with Gasteiger partial charge in [-0.2, -0.15) is 0 Å². The number of methoxy groups -OCH3 is 1. The number of aliphatic hydroxyl groups excluding tert-OH is 1. The third-order valence-corrected chi connectivity index (χ3v) is 5.65. The molecule has 0 radical (unpaired) electrons. The standard InChI is InChI=1S/C23H29NO3.C2H6.CH3Br.CH4O/c1-4-24(19-8-6-5-7-9-19)22-15-18(17-10-12-20(25)13-11-17)14-21(16(22)2)23(26)27-3;3*1-2/h10-15,19,25H,4-9H2,1-3H3;1-2H3;1H3;2H,1H3. The van der Waals surface area contributed by atoms with E-state index in [0.717, 1.165) is 36.0 Å². The Labute approximate surface area is 208 Å². The molecule has 2 N–H and O–H groups in total. The molecule has 33 heavy (non-hydrogen) atoms. The molecule has 1 fully saturated rings. The quantitative estimate of drug-likeness (QED) is 0.327. The summed E-state index contributed by atoms with van der Waals surface area (Å²) in [4.78, 5) is 14.9. The van der Waals surface area contributed by atoms with Crippen molar-refractivity contribution < 1.29 is 19.7 Å². The molecular formula is C27H42BrNO4. The smallest absolute Gasteiger partial charge is 0.338 e. The van der Waals surface area contributed by atoms with Crippen molar-refractivity contribution in [2.45, 2.75) is 65.8 Å². The van der Waals surface area contributed by atoms with Crippen molar-refractivity contribution in [3.05, 3.63) is 47.5 Å². The topological polar surface area (TPSA) is 70.0 Å². The molecule has 0 atom stereocenters. The van der Waals surface area contributed by atoms with Crippen LogP contribution in [0.25, 0.3) is 11.1 Å². The van der Waals surface area contributed by atoms with E-state index in [2.05, 4.69) is 33.8 Å². The highest BCUT2D eigenvalue weighted by Crippen LogP contribution is 2.35. The van der Waals surface area contributed by atoms with Gasteiger partial charge in [-0.3, -0.25) is 0 Å². The molecule has 0 saturated heterocycles. The molecular weight excluding hydrogens is 482 g/mol. The van der Waals surface area contributed by atoms with Crippen LogP contribution in [0.4, 0.5) is 5.69 Å². The van der Waals surface area contributed by atoms with Crippen molar-refractivity contribution in [3.8, 4) is 16.9 Å². The summed E-state index contributed by atoms with van der Waals surface area (Å²) in [5.41, 5.74) is 4.61. The number of rotatable bonds is 5. The van der Waals surface area contributed by atoms with Crippen LogP contribution in [-0.2, 0) is 4.74 Å². The fraction of sp³-hybridized carbons (Fsp3) is 0.519. The number of anilines is 1. The number of carbonyl (C=O) groups excluding carboxylic acids is 1. The minimum atomic E-state index is -0.311. The molecule has 2 aromatic carbocycles. The van der Waals surface area contributed by atoms with Crippen LogP contribution >= 0.6 is 15.9 Å². The summed E-state index contributed by atoms with van der Waals surface area (Å²) in [6.45, 7) is 9.10. The lowest BCUT2D eigenvalue weighted by molar-refractivity contribution is 0.0600. The highest BCUT2D eigenvalue weighted by molar-refractivity contribution is 9.08. The number of nitrogens with zero attached hydrogens (tertiary/aromatic N) is 1. The highest BCUT2D eigenvalue weighted by atomic mass is 79.9. The lowest BCUT2D eigenvalue weighted by Crippen LogP contribution is -2.37. The molecule has 1 aliphatic carbocycles. The summed E-state index contributed by atoms with van der Waals surface area (Å²) in [5.74, 6) is 1.73. The van der Waals surface area contributed by atoms with Gasteiger partial charge in [-0.05, 0) is 73.5 Å². The van der Waals surface area contributed by atoms with Gasteiger partial charge in [0.15, 0.2) is 0 Å². The summed E-state index contributed by atoms with van der Waals surface area (Å²) >= 11 is 2.94. The van der Waals surface area contributed by atoms with Gasteiger partial charge >= 0.3 is 5.97 Å². The SMILES string of the molecule is CBr.CC.CCN(c1cc(-c2ccc(O)cc2)cc(C(=O)OC)c1C)C1CCCCC1.CO. The van der Waals surface area contributed by atoms with E-state index in [1.165, 1.54) is 39.2 Å². The number of hydrogen-bond acceptors (Lipinski definition) is 5. The highest BCUT2D eigenvalue weighted by Gasteiger charge is 2.24. The first-order chi connectivity index (χ1) is 16.0. The second-order valence-electron chi connectivity index (χ2n) is 7.28. The largest absolute Gasteiger partial charge is 0.508 e. The van der Waals surface area contributed by atoms with Gasteiger partial charge in [-0.15, -0.1) is 0 Å². The molecule has 0 bridgehead atoms. The molecule has 2 aromatic rings. The number of carbonyl (C=O) groups is 1. The lowest BCUT2D eigenvalue weighted by atomic mass is 9.91. The van der Waals surface area contributed by atoms with Crippen molar-refractivity contribution in [2.75, 3.05) is 31.5 Å². The minimum Gasteiger partial charge on any atom is -0.508 e. The monoisotopic (exact) mass is 523 g/mol. The van der Waals surface area contributed by atoms with Crippen LogP contribution in [0.5, 0.6) is 5.75 Å². The van der Waals surface area contributed by atoms with Crippen molar-refractivity contribution >= 4 is 27.6 Å². The van der Waals surface area contributed by atoms with E-state index < -0.39 is 0 Å². The molecule has 0 heterocycles. The van der Waals surface area contributed by atoms with E-state index in [4.69, 9.17) is 9.84 Å². The third-order valence-electron chi connectivity index (χ3n) is 5.65. The molecule has 6 heteroatoms. The van der Waals surface area contributed by atoms with Gasteiger partial charge in [0.1, 0.15) is 5.75 Å². The molecule has 1 aliphatic rings. The fourth-order valence-corrected chi connectivity index (χ4v) is 4.16. The van der Waals surface area contributed by atoms with E-state index in [9.17, 15) is 9.90 Å². The van der Waals surface area contributed by atoms with E-state index in [1.807, 2.05) is 44.8 Å². The molecule has 3 rings (SSSR count). The van der Waals surface area contributed by atoms with Crippen LogP contribution in [-0.4, -0.2) is 48.8 Å². The summed E-state index contributed by atoms with van der Waals surface area (Å²) in [6, 6.07) is 11.7. The Morgan fingerprint density at radius 1 is 1.03 bits per heavy atom. The number of ether oxygens (including phenoxy) is 1. The average Bonchev–Trinajstić information content (AvgIpc) is 2.89. The zero-order valence-corrected chi connectivity index (χ0v) is 22.9. The number of aromatic hydroxyl groups is 1. The van der Waals surface area contributed by atoms with Gasteiger partial charge in [-0.25, -0.2) is 4.79 Å². The average molecular weight is 525 g/mol. The second-order valence-corrected chi connectivity index (χ2v) is 7.28. The Morgan fingerprint density at radius 3 is 2.06 bits per heavy atom. The van der Waals surface area contributed by atoms with Gasteiger partial charge in [-0.1, -0.05) is 61.2 Å². The molecule has 0 unspecified atom stereocenters. The zero-order chi connectivity index (χ0) is 25.4. The molecule has 0 aromatic heterocycles. The van der Waals surface area contributed by atoms with Crippen LogP contribution in [0.1, 0.15) is 68.8 Å². The Bertz CT molecular complexity index is 803. The Morgan fingerprint density at radius 2 is 1.58 bits per heavy atom. The van der Waals surface area contributed by atoms with Crippen LogP contribution in [0, 0.1) is 6.92 Å². The Kier molecular flexibility index (Phi) is 16.3. The van der Waals surface area contributed by atoms with E-state index >= 15 is 0 Å². The summed E-state index contributed by atoms with van der Waals surface area (Å²) < 4.78 is 5.04. The number of benzene rings is 2. The predicted octanol–water partition coefficient (Wildman–Crippen LogP) is 6.96. The van der Waals surface area contributed by atoms with Crippen LogP contribution in [0.15, 0.2) is 36.4 Å². The molecule has 186 valence electrons. The fourth-order valence-electron chi connectivity index (χ4n) is 4.16. The first-order valence-electron chi connectivity index (χ1n) is 11.7. The van der Waals surface area contributed by atoms with E-state index in [0.29, 0.717) is 11.6 Å². The van der Waals surface area contributed by atoms with E-state index in [1.54, 1.807) is 12.1 Å². The Balaban J connectivity index is 0.00000158. The molecule has 0 aliphatic heterocycles. The number of esters is 1. The van der Waals surface area contributed by atoms with Gasteiger partial charge in [0.25, 0.3) is 0 Å². The van der Waals surface area contributed by atoms with Crippen LogP contribution in [0.2, 0.25) is 0 Å². The zero-order valence-electron chi connectivity index (χ0n) is 21.3. The van der Waals surface area contributed by atoms with Gasteiger partial charge in [0.2, 0.25) is 0 Å². The maximum absolute atomic E-state index is 12.4. The van der Waals surface area contributed by atoms with Crippen LogP contribution < -0.4 is 4.90 Å². The maximum Gasteiger partial charge on any atom is 0.338 e. The lowest BCUT2D eigenvalue weighted by Gasteiger charge is -2.37. The third kappa shape index (κ3) is 8.67. The number of hydrogen-bond donors (Lipinski definition) is 2. The second kappa shape index (κ2) is 17.4. The van der Waals surface area contributed by atoms with Crippen LogP contribution in [0.3, 0.4) is 0 Å². The molecule has 0 amide bonds. The normalized spacial score (nSPS) is 12.6. The number of phenols is 1. The van der Waals surface area contributed by atoms with Gasteiger partial charge < -0.3 is 19.8 Å². The minimum absolute atomic E-state index is 0.233. The van der Waals surface area contributed by atoms with E-state index in [-0.39, 0.29) is 11.7 Å². The molecule has 1 saturated carbocycles. The summed E-state index contributed by atoms with van der Waals surface area (Å²) in [6.07, 6.45) is 6.24. The van der Waals surface area contributed by atoms with Crippen molar-refractivity contribution in [1.29, 1.82) is 0 Å². The Hall–Kier alpha value is -2.05. The predicted molar refractivity (Wildman–Crippen MR) is 144 cm³/mol. The van der Waals surface area contributed by atoms with Crippen molar-refractivity contribution in [2.24, 2.45) is 0 Å². The van der Waals surface area contributed by atoms with Gasteiger partial charge in [0.05, 0.1) is 12.7 Å². The number of aliphatic hydroxyl groups is 1. The number of halogens is 1. The summed E-state index contributed by atoms with van der Waals surface area (Å²) in [5, 5.41) is 16.6.